The minimum absolute atomic E-state index is 0.303. The van der Waals surface area contributed by atoms with Crippen LogP contribution in [0.2, 0.25) is 0 Å². The molecule has 2 atom stereocenters. The maximum Gasteiger partial charge on any atom is 0.407 e. The van der Waals surface area contributed by atoms with Crippen LogP contribution < -0.4 is 16.0 Å². The minimum Gasteiger partial charge on any atom is -0.444 e. The molecule has 1 aromatic heterocycles. The number of ether oxygens (including phenoxy) is 1. The molecule has 3 fully saturated rings. The molecule has 1 aliphatic carbocycles. The average Bonchev–Trinajstić information content (AvgIpc) is 3.42. The number of hydrogen-bond acceptors (Lipinski definition) is 8. The quantitative estimate of drug-likeness (QED) is 0.401. The number of rotatable bonds is 8. The summed E-state index contributed by atoms with van der Waals surface area (Å²) in [6.45, 7) is 8.43. The number of anilines is 1. The van der Waals surface area contributed by atoms with Gasteiger partial charge in [-0.2, -0.15) is 0 Å². The van der Waals surface area contributed by atoms with E-state index in [1.165, 1.54) is 12.1 Å². The van der Waals surface area contributed by atoms with Gasteiger partial charge in [0.2, 0.25) is 0 Å². The summed E-state index contributed by atoms with van der Waals surface area (Å²) >= 11 is 0. The average molecular weight is 520 g/mol. The van der Waals surface area contributed by atoms with Crippen LogP contribution in [0.3, 0.4) is 0 Å². The predicted octanol–water partition coefficient (Wildman–Crippen LogP) is 3.98. The predicted molar refractivity (Wildman–Crippen MR) is 152 cm³/mol. The van der Waals surface area contributed by atoms with E-state index in [2.05, 4.69) is 45.3 Å². The largest absolute Gasteiger partial charge is 0.444 e. The van der Waals surface area contributed by atoms with E-state index in [1.54, 1.807) is 12.4 Å². The van der Waals surface area contributed by atoms with E-state index in [9.17, 15) is 4.79 Å². The van der Waals surface area contributed by atoms with Gasteiger partial charge in [0.25, 0.3) is 0 Å². The lowest BCUT2D eigenvalue weighted by Crippen LogP contribution is -2.44. The maximum atomic E-state index is 11.7. The number of aromatic nitrogens is 2. The summed E-state index contributed by atoms with van der Waals surface area (Å²) in [4.78, 5) is 31.0. The highest BCUT2D eigenvalue weighted by Gasteiger charge is 2.41. The van der Waals surface area contributed by atoms with Gasteiger partial charge >= 0.3 is 6.09 Å². The highest BCUT2D eigenvalue weighted by Crippen LogP contribution is 2.35. The Morgan fingerprint density at radius 2 is 2.03 bits per heavy atom. The Bertz CT molecular complexity index is 1210. The number of allylic oxidation sites excluding steroid dienone is 1. The van der Waals surface area contributed by atoms with E-state index in [0.717, 1.165) is 61.1 Å². The molecule has 1 amide bonds. The van der Waals surface area contributed by atoms with Gasteiger partial charge < -0.3 is 20.7 Å². The molecule has 9 heteroatoms. The van der Waals surface area contributed by atoms with Crippen molar-refractivity contribution in [2.24, 2.45) is 16.6 Å². The third kappa shape index (κ3) is 6.09. The molecule has 5 rings (SSSR count). The summed E-state index contributed by atoms with van der Waals surface area (Å²) in [6, 6.07) is 7.92. The number of amides is 1. The topological polar surface area (TPSA) is 109 Å². The third-order valence-corrected chi connectivity index (χ3v) is 7.94. The van der Waals surface area contributed by atoms with Crippen LogP contribution in [0.5, 0.6) is 0 Å². The summed E-state index contributed by atoms with van der Waals surface area (Å²) < 4.78 is 5.27. The van der Waals surface area contributed by atoms with Crippen LogP contribution in [0, 0.1) is 5.92 Å². The molecule has 2 aromatic rings. The van der Waals surface area contributed by atoms with Gasteiger partial charge in [0.1, 0.15) is 5.60 Å². The van der Waals surface area contributed by atoms with Crippen molar-refractivity contribution in [3.63, 3.8) is 0 Å². The van der Waals surface area contributed by atoms with E-state index >= 15 is 0 Å². The minimum atomic E-state index is -0.466. The number of aliphatic imine (C=N–C) groups is 1. The van der Waals surface area contributed by atoms with Crippen molar-refractivity contribution in [3.8, 4) is 0 Å². The Balaban J connectivity index is 1.12. The van der Waals surface area contributed by atoms with Gasteiger partial charge in [-0.05, 0) is 84.0 Å². The Kier molecular flexibility index (Phi) is 7.56. The standard InChI is InChI=1S/C29H41N7O2/c1-29(2,3)38-28(37)31-9-5-6-19-10-21(11-19)32-15-20(14-30)27-16-33-25-8-7-22(13-26(25)34-27)36-18-23-12-24(36)17-35(23)4/h7-8,13-16,19,21,23-24H,5-6,9-12,17-18,30H2,1-4H3,(H,31,37). The van der Waals surface area contributed by atoms with Crippen LogP contribution >= 0.6 is 0 Å². The molecule has 2 aliphatic heterocycles. The van der Waals surface area contributed by atoms with Crippen LogP contribution in [0.4, 0.5) is 10.5 Å². The first kappa shape index (κ1) is 26.4. The Hall–Kier alpha value is -3.20. The number of nitrogens with one attached hydrogen (secondary N) is 1. The second-order valence-electron chi connectivity index (χ2n) is 12.0. The van der Waals surface area contributed by atoms with E-state index < -0.39 is 5.60 Å². The molecule has 3 N–H and O–H groups in total. The summed E-state index contributed by atoms with van der Waals surface area (Å²) in [6.07, 6.45) is 10.2. The van der Waals surface area contributed by atoms with Crippen molar-refractivity contribution in [1.82, 2.24) is 20.2 Å². The Labute approximate surface area is 225 Å². The molecule has 3 aliphatic rings. The Morgan fingerprint density at radius 1 is 1.21 bits per heavy atom. The van der Waals surface area contributed by atoms with Gasteiger partial charge in [-0.1, -0.05) is 0 Å². The van der Waals surface area contributed by atoms with Gasteiger partial charge in [0, 0.05) is 55.4 Å². The fourth-order valence-corrected chi connectivity index (χ4v) is 5.83. The lowest BCUT2D eigenvalue weighted by Gasteiger charge is -2.33. The molecular weight excluding hydrogens is 478 g/mol. The van der Waals surface area contributed by atoms with Crippen LogP contribution in [0.25, 0.3) is 16.6 Å². The van der Waals surface area contributed by atoms with Crippen molar-refractivity contribution in [2.45, 2.75) is 76.6 Å². The molecule has 0 spiro atoms. The van der Waals surface area contributed by atoms with Crippen molar-refractivity contribution < 1.29 is 9.53 Å². The van der Waals surface area contributed by atoms with E-state index in [1.807, 2.05) is 27.0 Å². The number of alkyl carbamates (subject to hydrolysis) is 1. The van der Waals surface area contributed by atoms with Crippen molar-refractivity contribution in [3.05, 3.63) is 36.3 Å². The fourth-order valence-electron chi connectivity index (χ4n) is 5.83. The smallest absolute Gasteiger partial charge is 0.407 e. The zero-order valence-electron chi connectivity index (χ0n) is 23.1. The second-order valence-corrected chi connectivity index (χ2v) is 12.0. The van der Waals surface area contributed by atoms with Gasteiger partial charge in [-0.15, -0.1) is 0 Å². The molecule has 2 bridgehead atoms. The highest BCUT2D eigenvalue weighted by molar-refractivity contribution is 6.09. The third-order valence-electron chi connectivity index (χ3n) is 7.94. The molecule has 0 radical (unpaired) electrons. The monoisotopic (exact) mass is 519 g/mol. The number of benzene rings is 1. The molecule has 1 saturated carbocycles. The van der Waals surface area contributed by atoms with Gasteiger partial charge in [-0.3, -0.25) is 14.9 Å². The number of fused-ring (bicyclic) bond motifs is 3. The number of likely N-dealkylation sites (N-methyl/N-ethyl adjacent to an activating group) is 1. The SMILES string of the molecule is CN1CC2CC1CN2c1ccc2ncc(C(C=NC3CC(CCCNC(=O)OC(C)(C)C)C3)=CN)nc2c1. The van der Waals surface area contributed by atoms with Gasteiger partial charge in [0.05, 0.1) is 29.0 Å². The number of nitrogens with two attached hydrogens (primary N) is 1. The van der Waals surface area contributed by atoms with Crippen LogP contribution in [-0.2, 0) is 4.74 Å². The number of likely N-dealkylation sites (tertiary alicyclic amines) is 1. The highest BCUT2D eigenvalue weighted by atomic mass is 16.6. The molecule has 2 unspecified atom stereocenters. The zero-order chi connectivity index (χ0) is 26.9. The van der Waals surface area contributed by atoms with Gasteiger partial charge in [0.15, 0.2) is 0 Å². The molecule has 2 saturated heterocycles. The zero-order valence-corrected chi connectivity index (χ0v) is 23.1. The summed E-state index contributed by atoms with van der Waals surface area (Å²) in [5, 5.41) is 2.83. The number of piperazine rings is 1. The lowest BCUT2D eigenvalue weighted by atomic mass is 9.78. The lowest BCUT2D eigenvalue weighted by molar-refractivity contribution is 0.0525. The number of nitrogens with zero attached hydrogens (tertiary/aromatic N) is 5. The number of carbonyl (C=O) groups excluding carboxylic acids is 1. The second kappa shape index (κ2) is 10.9. The fraction of sp³-hybridized carbons (Fsp3) is 0.586. The van der Waals surface area contributed by atoms with Crippen molar-refractivity contribution in [2.75, 3.05) is 31.6 Å². The first-order valence-corrected chi connectivity index (χ1v) is 13.8. The van der Waals surface area contributed by atoms with Crippen LogP contribution in [-0.4, -0.2) is 77.6 Å². The first-order chi connectivity index (χ1) is 18.2. The van der Waals surface area contributed by atoms with E-state index in [4.69, 9.17) is 20.4 Å². The van der Waals surface area contributed by atoms with Crippen LogP contribution in [0.1, 0.15) is 58.6 Å². The van der Waals surface area contributed by atoms with Crippen LogP contribution in [0.15, 0.2) is 35.6 Å². The normalized spacial score (nSPS) is 25.8. The molecule has 38 heavy (non-hydrogen) atoms. The van der Waals surface area contributed by atoms with Gasteiger partial charge in [-0.25, -0.2) is 9.78 Å². The van der Waals surface area contributed by atoms with Crippen molar-refractivity contribution >= 4 is 34.6 Å². The molecule has 3 heterocycles. The van der Waals surface area contributed by atoms with E-state index in [0.29, 0.717) is 30.6 Å². The summed E-state index contributed by atoms with van der Waals surface area (Å²) in [7, 11) is 2.22. The Morgan fingerprint density at radius 3 is 2.71 bits per heavy atom. The first-order valence-electron chi connectivity index (χ1n) is 13.8. The number of hydrogen-bond donors (Lipinski definition) is 2. The van der Waals surface area contributed by atoms with Crippen molar-refractivity contribution in [1.29, 1.82) is 0 Å². The summed E-state index contributed by atoms with van der Waals surface area (Å²) in [5.41, 5.74) is 10.0. The molecule has 1 aromatic carbocycles. The van der Waals surface area contributed by atoms with E-state index in [-0.39, 0.29) is 6.09 Å². The molecule has 9 nitrogen and oxygen atoms in total. The molecule has 204 valence electrons. The maximum absolute atomic E-state index is 11.7. The number of carbonyl (C=O) groups is 1. The molecular formula is C29H41N7O2. The summed E-state index contributed by atoms with van der Waals surface area (Å²) in [5.74, 6) is 0.641.